The van der Waals surface area contributed by atoms with Gasteiger partial charge in [-0.2, -0.15) is 0 Å². The number of rotatable bonds is 11. The largest absolute Gasteiger partial charge is 0.566 e. The molecule has 9 rings (SSSR count). The lowest BCUT2D eigenvalue weighted by Gasteiger charge is -2.32. The van der Waals surface area contributed by atoms with Crippen LogP contribution in [0.5, 0.6) is 5.75 Å². The number of benzene rings is 5. The fourth-order valence-corrected chi connectivity index (χ4v) is 9.10. The van der Waals surface area contributed by atoms with Gasteiger partial charge in [0.15, 0.2) is 0 Å². The Labute approximate surface area is 356 Å². The minimum absolute atomic E-state index is 0.0456. The van der Waals surface area contributed by atoms with E-state index in [-0.39, 0.29) is 18.4 Å². The summed E-state index contributed by atoms with van der Waals surface area (Å²) in [6.07, 6.45) is 3.52. The molecule has 3 saturated heterocycles. The van der Waals surface area contributed by atoms with Crippen molar-refractivity contribution in [3.8, 4) is 5.75 Å². The summed E-state index contributed by atoms with van der Waals surface area (Å²) in [7, 11) is -1.03. The van der Waals surface area contributed by atoms with Gasteiger partial charge in [0.1, 0.15) is 18.1 Å². The van der Waals surface area contributed by atoms with Gasteiger partial charge in [-0.3, -0.25) is 14.4 Å². The Morgan fingerprint density at radius 3 is 1.97 bits per heavy atom. The number of piperidine rings is 2. The van der Waals surface area contributed by atoms with Gasteiger partial charge < -0.3 is 40.3 Å². The second kappa shape index (κ2) is 17.4. The molecule has 1 atom stereocenters. The smallest absolute Gasteiger partial charge is 0.503 e. The van der Waals surface area contributed by atoms with Crippen molar-refractivity contribution in [1.29, 1.82) is 0 Å². The van der Waals surface area contributed by atoms with Gasteiger partial charge in [0.2, 0.25) is 5.60 Å². The molecule has 5 aromatic carbocycles. The van der Waals surface area contributed by atoms with Crippen molar-refractivity contribution in [2.75, 3.05) is 32.8 Å². The van der Waals surface area contributed by atoms with Gasteiger partial charge in [0.05, 0.1) is 0 Å². The van der Waals surface area contributed by atoms with E-state index in [1.807, 2.05) is 76.5 Å². The molecule has 6 aromatic rings. The number of ether oxygens (including phenoxy) is 1. The van der Waals surface area contributed by atoms with Crippen molar-refractivity contribution < 1.29 is 28.4 Å². The lowest BCUT2D eigenvalue weighted by Crippen LogP contribution is -2.41. The van der Waals surface area contributed by atoms with Gasteiger partial charge >= 0.3 is 13.1 Å². The summed E-state index contributed by atoms with van der Waals surface area (Å²) < 4.78 is 18.8. The van der Waals surface area contributed by atoms with Crippen molar-refractivity contribution in [2.45, 2.75) is 56.2 Å². The average molecular weight is 816 g/mol. The van der Waals surface area contributed by atoms with Crippen LogP contribution in [0.2, 0.25) is 0 Å². The number of aromatic nitrogens is 1. The SMILES string of the molecule is NCc1cccc(C2CCN(C(=O)c3cccc(OCC4(c5ccccc5)OB(c5ccc6cc(C(=O)N7CCC(c8cccc(CN)c8)CC7)[nH]c6c5)OC4=O)c3)CC2)c1. The summed E-state index contributed by atoms with van der Waals surface area (Å²) in [4.78, 5) is 48.5. The highest BCUT2D eigenvalue weighted by Crippen LogP contribution is 2.36. The quantitative estimate of drug-likeness (QED) is 0.128. The molecule has 1 aromatic heterocycles. The predicted molar refractivity (Wildman–Crippen MR) is 235 cm³/mol. The molecule has 1 unspecified atom stereocenters. The highest BCUT2D eigenvalue weighted by atomic mass is 16.7. The van der Waals surface area contributed by atoms with Crippen LogP contribution in [0, 0.1) is 0 Å². The molecule has 3 aliphatic rings. The number of hydrogen-bond acceptors (Lipinski definition) is 8. The minimum Gasteiger partial charge on any atom is -0.503 e. The molecule has 310 valence electrons. The molecule has 0 radical (unpaired) electrons. The summed E-state index contributed by atoms with van der Waals surface area (Å²) in [6.45, 7) is 3.46. The molecule has 3 aliphatic heterocycles. The normalized spacial score (nSPS) is 18.7. The van der Waals surface area contributed by atoms with E-state index in [9.17, 15) is 14.4 Å². The molecule has 0 aliphatic carbocycles. The summed E-state index contributed by atoms with van der Waals surface area (Å²) in [6, 6.07) is 40.5. The van der Waals surface area contributed by atoms with Crippen molar-refractivity contribution in [3.05, 3.63) is 166 Å². The number of nitrogens with two attached hydrogens (primary N) is 2. The highest BCUT2D eigenvalue weighted by molar-refractivity contribution is 6.64. The van der Waals surface area contributed by atoms with E-state index in [4.69, 9.17) is 25.5 Å². The molecule has 0 spiro atoms. The van der Waals surface area contributed by atoms with E-state index in [1.165, 1.54) is 11.1 Å². The summed E-state index contributed by atoms with van der Waals surface area (Å²) in [5.74, 6) is 0.513. The highest BCUT2D eigenvalue weighted by Gasteiger charge is 2.55. The van der Waals surface area contributed by atoms with Crippen molar-refractivity contribution in [2.24, 2.45) is 11.5 Å². The Bertz CT molecular complexity index is 2550. The lowest BCUT2D eigenvalue weighted by atomic mass is 9.78. The first-order valence-electron chi connectivity index (χ1n) is 21.3. The first-order valence-corrected chi connectivity index (χ1v) is 21.3. The van der Waals surface area contributed by atoms with E-state index in [0.29, 0.717) is 79.1 Å². The number of H-pyrrole nitrogens is 1. The molecule has 5 N–H and O–H groups in total. The Morgan fingerprint density at radius 1 is 0.705 bits per heavy atom. The maximum absolute atomic E-state index is 14.0. The van der Waals surface area contributed by atoms with Crippen LogP contribution in [0.1, 0.15) is 86.2 Å². The van der Waals surface area contributed by atoms with E-state index in [2.05, 4.69) is 41.4 Å². The fraction of sp³-hybridized carbons (Fsp3) is 0.286. The predicted octanol–water partition coefficient (Wildman–Crippen LogP) is 6.37. The first-order chi connectivity index (χ1) is 29.8. The molecule has 0 bridgehead atoms. The van der Waals surface area contributed by atoms with Crippen LogP contribution in [-0.4, -0.2) is 72.5 Å². The third-order valence-corrected chi connectivity index (χ3v) is 12.6. The van der Waals surface area contributed by atoms with Crippen LogP contribution in [0.4, 0.5) is 0 Å². The fourth-order valence-electron chi connectivity index (χ4n) is 9.10. The number of nitrogens with zero attached hydrogens (tertiary/aromatic N) is 2. The monoisotopic (exact) mass is 815 g/mol. The molecule has 11 nitrogen and oxygen atoms in total. The number of hydrogen-bond donors (Lipinski definition) is 3. The van der Waals surface area contributed by atoms with E-state index in [1.54, 1.807) is 24.3 Å². The van der Waals surface area contributed by atoms with Gasteiger partial charge in [-0.1, -0.05) is 97.1 Å². The minimum atomic E-state index is -1.58. The summed E-state index contributed by atoms with van der Waals surface area (Å²) in [5.41, 5.74) is 17.9. The summed E-state index contributed by atoms with van der Waals surface area (Å²) >= 11 is 0. The van der Waals surface area contributed by atoms with Gasteiger partial charge in [-0.25, -0.2) is 0 Å². The zero-order valence-corrected chi connectivity index (χ0v) is 34.1. The molecule has 4 heterocycles. The Hall–Kier alpha value is -6.21. The topological polar surface area (TPSA) is 153 Å². The Kier molecular flexibility index (Phi) is 11.5. The van der Waals surface area contributed by atoms with Crippen LogP contribution in [0.15, 0.2) is 127 Å². The van der Waals surface area contributed by atoms with E-state index < -0.39 is 18.7 Å². The number of fused-ring (bicyclic) bond motifs is 1. The third kappa shape index (κ3) is 8.31. The van der Waals surface area contributed by atoms with Crippen LogP contribution in [0.25, 0.3) is 10.9 Å². The number of likely N-dealkylation sites (tertiary alicyclic amines) is 2. The Morgan fingerprint density at radius 2 is 1.33 bits per heavy atom. The van der Waals surface area contributed by atoms with Gasteiger partial charge in [0, 0.05) is 55.7 Å². The van der Waals surface area contributed by atoms with Crippen LogP contribution in [-0.2, 0) is 32.8 Å². The van der Waals surface area contributed by atoms with Crippen molar-refractivity contribution >= 4 is 41.3 Å². The first kappa shape index (κ1) is 40.2. The number of aromatic amines is 1. The zero-order chi connectivity index (χ0) is 41.9. The molecular weight excluding hydrogens is 765 g/mol. The Balaban J connectivity index is 0.864. The van der Waals surface area contributed by atoms with Crippen molar-refractivity contribution in [3.63, 3.8) is 0 Å². The van der Waals surface area contributed by atoms with Gasteiger partial charge in [0.25, 0.3) is 11.8 Å². The van der Waals surface area contributed by atoms with Crippen LogP contribution in [0.3, 0.4) is 0 Å². The van der Waals surface area contributed by atoms with Gasteiger partial charge in [-0.05, 0) is 101 Å². The lowest BCUT2D eigenvalue weighted by molar-refractivity contribution is -0.146. The zero-order valence-electron chi connectivity index (χ0n) is 34.1. The molecule has 0 saturated carbocycles. The molecule has 3 fully saturated rings. The second-order valence-corrected chi connectivity index (χ2v) is 16.4. The molecule has 61 heavy (non-hydrogen) atoms. The number of nitrogens with one attached hydrogen (secondary N) is 1. The van der Waals surface area contributed by atoms with Crippen LogP contribution >= 0.6 is 0 Å². The van der Waals surface area contributed by atoms with Crippen LogP contribution < -0.4 is 21.7 Å². The molecular formula is C49H50BN5O6. The third-order valence-electron chi connectivity index (χ3n) is 12.6. The average Bonchev–Trinajstić information content (AvgIpc) is 3.92. The number of amides is 2. The van der Waals surface area contributed by atoms with Gasteiger partial charge in [-0.15, -0.1) is 0 Å². The maximum atomic E-state index is 14.0. The molecule has 2 amide bonds. The number of carbonyl (C=O) groups excluding carboxylic acids is 3. The van der Waals surface area contributed by atoms with E-state index in [0.717, 1.165) is 47.7 Å². The maximum Gasteiger partial charge on any atom is 0.566 e. The standard InChI is InChI=1S/C49H50BN5O6/c51-30-33-7-4-9-37(25-33)35-17-21-54(22-18-35)46(56)40-11-6-14-43(27-40)59-32-49(41-12-2-1-3-13-41)48(58)60-50(61-49)42-16-15-39-28-45(53-44(39)29-42)47(57)55-23-19-36(20-24-55)38-10-5-8-34(26-38)31-52/h1-16,25-29,35-36,53H,17-24,30-32,51-52H2. The summed E-state index contributed by atoms with van der Waals surface area (Å²) in [5, 5.41) is 0.860. The number of carbonyl (C=O) groups is 3. The van der Waals surface area contributed by atoms with Crippen molar-refractivity contribution in [1.82, 2.24) is 14.8 Å². The second-order valence-electron chi connectivity index (χ2n) is 16.4. The van der Waals surface area contributed by atoms with E-state index >= 15 is 0 Å². The molecule has 12 heteroatoms.